The molecule has 0 radical (unpaired) electrons. The molecule has 2 bridgehead atoms. The number of benzene rings is 1. The Morgan fingerprint density at radius 1 is 1.19 bits per heavy atom. The molecule has 3 heterocycles. The lowest BCUT2D eigenvalue weighted by Gasteiger charge is -2.36. The van der Waals surface area contributed by atoms with Gasteiger partial charge in [0.2, 0.25) is 5.91 Å². The molecule has 3 aliphatic heterocycles. The van der Waals surface area contributed by atoms with Crippen LogP contribution in [0.1, 0.15) is 24.0 Å². The second kappa shape index (κ2) is 8.68. The summed E-state index contributed by atoms with van der Waals surface area (Å²) in [5.41, 5.74) is 2.23. The average Bonchev–Trinajstić information content (AvgIpc) is 2.91. The molecule has 3 saturated heterocycles. The molecule has 5 heteroatoms. The normalized spacial score (nSPS) is 23.2. The highest BCUT2D eigenvalue weighted by atomic mass is 16.2. The Kier molecular flexibility index (Phi) is 6.31. The molecule has 26 heavy (non-hydrogen) atoms. The lowest BCUT2D eigenvalue weighted by molar-refractivity contribution is -0.130. The van der Waals surface area contributed by atoms with Gasteiger partial charge in [-0.15, -0.1) is 0 Å². The fourth-order valence-electron chi connectivity index (χ4n) is 4.00. The van der Waals surface area contributed by atoms with Crippen LogP contribution in [-0.2, 0) is 11.3 Å². The smallest absolute Gasteiger partial charge is 0.236 e. The van der Waals surface area contributed by atoms with E-state index in [-0.39, 0.29) is 12.5 Å². The molecule has 1 N–H and O–H groups in total. The minimum atomic E-state index is -0.106. The van der Waals surface area contributed by atoms with Gasteiger partial charge in [-0.05, 0) is 36.5 Å². The minimum Gasteiger partial charge on any atom is -0.384 e. The zero-order valence-corrected chi connectivity index (χ0v) is 15.8. The van der Waals surface area contributed by atoms with Crippen LogP contribution in [-0.4, -0.2) is 78.6 Å². The van der Waals surface area contributed by atoms with Gasteiger partial charge in [0, 0.05) is 51.9 Å². The molecule has 1 amide bonds. The van der Waals surface area contributed by atoms with E-state index >= 15 is 0 Å². The average molecular weight is 355 g/mol. The number of nitrogens with zero attached hydrogens (tertiary/aromatic N) is 3. The van der Waals surface area contributed by atoms with Crippen LogP contribution in [0.25, 0.3) is 0 Å². The number of hydrogen-bond donors (Lipinski definition) is 1. The van der Waals surface area contributed by atoms with Gasteiger partial charge < -0.3 is 10.0 Å². The summed E-state index contributed by atoms with van der Waals surface area (Å²) < 4.78 is 0. The maximum atomic E-state index is 12.1. The Labute approximate surface area is 156 Å². The van der Waals surface area contributed by atoms with E-state index in [0.717, 1.165) is 31.7 Å². The van der Waals surface area contributed by atoms with Crippen molar-refractivity contribution in [3.63, 3.8) is 0 Å². The first-order valence-corrected chi connectivity index (χ1v) is 9.40. The van der Waals surface area contributed by atoms with Gasteiger partial charge in [-0.3, -0.25) is 14.6 Å². The standard InChI is InChI=1S/C21H29N3O2/c1-22(2)21(26)16-23-12-19-9-10-20(15-23)24(14-19)13-18-7-5-17(6-8-18)4-3-11-25/h5-8,19-20,25H,9-16H2,1-2H3/t19-,20+/m0/s1. The SMILES string of the molecule is CN(C)C(=O)CN1C[C@@H]2CC[C@H](C1)N(Cc1ccc(C#CCO)cc1)C2. The molecule has 0 aliphatic carbocycles. The number of aliphatic hydroxyl groups is 1. The molecule has 2 atom stereocenters. The lowest BCUT2D eigenvalue weighted by atomic mass is 9.94. The molecule has 0 aromatic heterocycles. The van der Waals surface area contributed by atoms with E-state index in [1.165, 1.54) is 18.4 Å². The van der Waals surface area contributed by atoms with Gasteiger partial charge in [-0.25, -0.2) is 0 Å². The molecule has 0 spiro atoms. The summed E-state index contributed by atoms with van der Waals surface area (Å²) in [6.07, 6.45) is 2.49. The highest BCUT2D eigenvalue weighted by Gasteiger charge is 2.35. The Balaban J connectivity index is 1.62. The van der Waals surface area contributed by atoms with E-state index in [0.29, 0.717) is 18.5 Å². The van der Waals surface area contributed by atoms with Crippen LogP contribution < -0.4 is 0 Å². The minimum absolute atomic E-state index is 0.106. The highest BCUT2D eigenvalue weighted by Crippen LogP contribution is 2.29. The first kappa shape index (κ1) is 18.9. The van der Waals surface area contributed by atoms with Gasteiger partial charge in [0.05, 0.1) is 6.54 Å². The molecule has 3 aliphatic rings. The van der Waals surface area contributed by atoms with Crippen molar-refractivity contribution in [3.8, 4) is 11.8 Å². The quantitative estimate of drug-likeness (QED) is 0.819. The Hall–Kier alpha value is -1.87. The molecule has 3 fully saturated rings. The summed E-state index contributed by atoms with van der Waals surface area (Å²) in [5, 5.41) is 8.78. The Morgan fingerprint density at radius 2 is 1.96 bits per heavy atom. The monoisotopic (exact) mass is 355 g/mol. The van der Waals surface area contributed by atoms with Crippen LogP contribution in [0.5, 0.6) is 0 Å². The van der Waals surface area contributed by atoms with E-state index in [1.807, 2.05) is 26.2 Å². The van der Waals surface area contributed by atoms with Crippen LogP contribution >= 0.6 is 0 Å². The van der Waals surface area contributed by atoms with Crippen molar-refractivity contribution in [1.29, 1.82) is 0 Å². The number of aliphatic hydroxyl groups excluding tert-OH is 1. The van der Waals surface area contributed by atoms with E-state index in [2.05, 4.69) is 33.8 Å². The summed E-state index contributed by atoms with van der Waals surface area (Å²) in [6, 6.07) is 8.84. The third-order valence-electron chi connectivity index (χ3n) is 5.41. The molecule has 0 unspecified atom stereocenters. The highest BCUT2D eigenvalue weighted by molar-refractivity contribution is 5.77. The molecule has 140 valence electrons. The van der Waals surface area contributed by atoms with Crippen molar-refractivity contribution in [3.05, 3.63) is 35.4 Å². The predicted molar refractivity (Wildman–Crippen MR) is 102 cm³/mol. The Bertz CT molecular complexity index is 675. The lowest BCUT2D eigenvalue weighted by Crippen LogP contribution is -2.44. The second-order valence-corrected chi connectivity index (χ2v) is 7.67. The van der Waals surface area contributed by atoms with Crippen LogP contribution in [0.2, 0.25) is 0 Å². The van der Waals surface area contributed by atoms with Crippen molar-refractivity contribution >= 4 is 5.91 Å². The number of likely N-dealkylation sites (N-methyl/N-ethyl adjacent to an activating group) is 1. The molecular weight excluding hydrogens is 326 g/mol. The van der Waals surface area contributed by atoms with Gasteiger partial charge in [-0.1, -0.05) is 24.0 Å². The van der Waals surface area contributed by atoms with E-state index < -0.39 is 0 Å². The van der Waals surface area contributed by atoms with Crippen molar-refractivity contribution in [2.75, 3.05) is 46.9 Å². The molecule has 1 aromatic carbocycles. The fraction of sp³-hybridized carbons (Fsp3) is 0.571. The number of carbonyl (C=O) groups excluding carboxylic acids is 1. The largest absolute Gasteiger partial charge is 0.384 e. The van der Waals surface area contributed by atoms with Gasteiger partial charge in [-0.2, -0.15) is 0 Å². The number of hydrogen-bond acceptors (Lipinski definition) is 4. The van der Waals surface area contributed by atoms with Crippen molar-refractivity contribution in [2.24, 2.45) is 5.92 Å². The maximum absolute atomic E-state index is 12.1. The van der Waals surface area contributed by atoms with E-state index in [4.69, 9.17) is 5.11 Å². The molecule has 0 saturated carbocycles. The molecule has 4 rings (SSSR count). The summed E-state index contributed by atoms with van der Waals surface area (Å²) >= 11 is 0. The summed E-state index contributed by atoms with van der Waals surface area (Å²) in [7, 11) is 3.66. The predicted octanol–water partition coefficient (Wildman–Crippen LogP) is 1.01. The first-order valence-electron chi connectivity index (χ1n) is 9.40. The second-order valence-electron chi connectivity index (χ2n) is 7.67. The topological polar surface area (TPSA) is 47.0 Å². The molecular formula is C21H29N3O2. The third kappa shape index (κ3) is 4.85. The summed E-state index contributed by atoms with van der Waals surface area (Å²) in [5.74, 6) is 6.46. The Morgan fingerprint density at radius 3 is 2.65 bits per heavy atom. The number of piperidine rings is 1. The zero-order chi connectivity index (χ0) is 18.5. The third-order valence-corrected chi connectivity index (χ3v) is 5.41. The summed E-state index contributed by atoms with van der Waals surface area (Å²) in [4.78, 5) is 18.7. The van der Waals surface area contributed by atoms with Crippen LogP contribution in [0.3, 0.4) is 0 Å². The first-order chi connectivity index (χ1) is 12.5. The van der Waals surface area contributed by atoms with Gasteiger partial charge >= 0.3 is 0 Å². The van der Waals surface area contributed by atoms with Gasteiger partial charge in [0.1, 0.15) is 6.61 Å². The number of amides is 1. The zero-order valence-electron chi connectivity index (χ0n) is 15.8. The number of carbonyl (C=O) groups is 1. The number of fused-ring (bicyclic) bond motifs is 4. The van der Waals surface area contributed by atoms with E-state index in [9.17, 15) is 4.79 Å². The van der Waals surface area contributed by atoms with Gasteiger partial charge in [0.25, 0.3) is 0 Å². The maximum Gasteiger partial charge on any atom is 0.236 e. The van der Waals surface area contributed by atoms with Crippen molar-refractivity contribution in [2.45, 2.75) is 25.4 Å². The number of rotatable bonds is 4. The van der Waals surface area contributed by atoms with Crippen molar-refractivity contribution < 1.29 is 9.90 Å². The van der Waals surface area contributed by atoms with Crippen LogP contribution in [0.4, 0.5) is 0 Å². The van der Waals surface area contributed by atoms with Crippen molar-refractivity contribution in [1.82, 2.24) is 14.7 Å². The molecule has 1 aromatic rings. The summed E-state index contributed by atoms with van der Waals surface area (Å²) in [6.45, 7) is 4.50. The van der Waals surface area contributed by atoms with E-state index in [1.54, 1.807) is 4.90 Å². The van der Waals surface area contributed by atoms with Gasteiger partial charge in [0.15, 0.2) is 0 Å². The molecule has 5 nitrogen and oxygen atoms in total. The fourth-order valence-corrected chi connectivity index (χ4v) is 4.00. The van der Waals surface area contributed by atoms with Crippen LogP contribution in [0.15, 0.2) is 24.3 Å². The van der Waals surface area contributed by atoms with Crippen LogP contribution in [0, 0.1) is 17.8 Å².